The third-order valence-electron chi connectivity index (χ3n) is 1.53. The van der Waals surface area contributed by atoms with E-state index in [1.54, 1.807) is 0 Å². The summed E-state index contributed by atoms with van der Waals surface area (Å²) in [7, 11) is -4.17. The van der Waals surface area contributed by atoms with Crippen LogP contribution < -0.4 is 0 Å². The van der Waals surface area contributed by atoms with Crippen molar-refractivity contribution in [3.05, 3.63) is 0 Å². The fourth-order valence-electron chi connectivity index (χ4n) is 0.598. The average molecular weight is 227 g/mol. The molecule has 0 aliphatic heterocycles. The van der Waals surface area contributed by atoms with E-state index in [9.17, 15) is 8.42 Å². The van der Waals surface area contributed by atoms with Crippen molar-refractivity contribution in [3.8, 4) is 0 Å². The van der Waals surface area contributed by atoms with Crippen LogP contribution in [0.3, 0.4) is 0 Å². The molecule has 0 aliphatic carbocycles. The van der Waals surface area contributed by atoms with Crippen molar-refractivity contribution >= 4 is 16.3 Å². The first-order valence-corrected chi connectivity index (χ1v) is 5.31. The zero-order chi connectivity index (χ0) is 11.2. The minimum Gasteiger partial charge on any atom is -0.394 e. The molecular formula is C6H13NO6S. The van der Waals surface area contributed by atoms with E-state index < -0.39 is 41.2 Å². The second-order valence-electron chi connectivity index (χ2n) is 2.76. The topological polar surface area (TPSA) is 127 Å². The molecule has 0 saturated carbocycles. The van der Waals surface area contributed by atoms with Gasteiger partial charge in [0.25, 0.3) is 10.1 Å². The lowest BCUT2D eigenvalue weighted by molar-refractivity contribution is 0.0718. The molecular weight excluding hydrogens is 214 g/mol. The number of nitrogens with zero attached hydrogens (tertiary/aromatic N) is 1. The molecule has 0 fully saturated rings. The van der Waals surface area contributed by atoms with Crippen molar-refractivity contribution in [3.63, 3.8) is 0 Å². The van der Waals surface area contributed by atoms with Crippen LogP contribution in [0.1, 0.15) is 0 Å². The van der Waals surface area contributed by atoms with Crippen LogP contribution >= 0.6 is 0 Å². The fraction of sp³-hybridized carbons (Fsp3) is 0.833. The lowest BCUT2D eigenvalue weighted by Gasteiger charge is -2.21. The van der Waals surface area contributed by atoms with Gasteiger partial charge in [-0.05, 0) is 0 Å². The largest absolute Gasteiger partial charge is 0.394 e. The van der Waals surface area contributed by atoms with E-state index in [1.165, 1.54) is 0 Å². The Bertz CT molecular complexity index is 272. The molecule has 0 aliphatic rings. The van der Waals surface area contributed by atoms with Gasteiger partial charge in [-0.15, -0.1) is 0 Å². The molecule has 0 spiro atoms. The fourth-order valence-corrected chi connectivity index (χ4v) is 0.861. The highest BCUT2D eigenvalue weighted by Gasteiger charge is 2.26. The molecule has 0 heterocycles. The van der Waals surface area contributed by atoms with Crippen LogP contribution in [0.5, 0.6) is 0 Å². The SMILES string of the molecule is O=S(=O)(O)CC=NC(CO)(CO)CO. The summed E-state index contributed by atoms with van der Waals surface area (Å²) in [6.07, 6.45) is 0.817. The molecule has 0 aromatic carbocycles. The van der Waals surface area contributed by atoms with Gasteiger partial charge in [0.2, 0.25) is 0 Å². The Morgan fingerprint density at radius 3 is 1.86 bits per heavy atom. The highest BCUT2D eigenvalue weighted by Crippen LogP contribution is 2.07. The summed E-state index contributed by atoms with van der Waals surface area (Å²) in [5.41, 5.74) is -1.50. The van der Waals surface area contributed by atoms with Gasteiger partial charge < -0.3 is 15.3 Å². The van der Waals surface area contributed by atoms with Gasteiger partial charge in [0, 0.05) is 6.21 Å². The first-order valence-electron chi connectivity index (χ1n) is 3.70. The summed E-state index contributed by atoms with van der Waals surface area (Å²) in [5.74, 6) is -0.727. The Hall–Kier alpha value is -0.540. The van der Waals surface area contributed by atoms with E-state index >= 15 is 0 Å². The maximum Gasteiger partial charge on any atom is 0.270 e. The zero-order valence-corrected chi connectivity index (χ0v) is 8.18. The minimum absolute atomic E-state index is 0.623. The van der Waals surface area contributed by atoms with E-state index in [0.717, 1.165) is 6.21 Å². The van der Waals surface area contributed by atoms with Crippen molar-refractivity contribution in [2.75, 3.05) is 25.6 Å². The third-order valence-corrected chi connectivity index (χ3v) is 2.10. The van der Waals surface area contributed by atoms with Crippen LogP contribution in [-0.4, -0.2) is 65.6 Å². The van der Waals surface area contributed by atoms with Gasteiger partial charge in [0.1, 0.15) is 11.3 Å². The molecule has 4 N–H and O–H groups in total. The molecule has 0 rings (SSSR count). The van der Waals surface area contributed by atoms with E-state index in [1.807, 2.05) is 0 Å². The number of aliphatic hydroxyl groups excluding tert-OH is 3. The third kappa shape index (κ3) is 4.63. The van der Waals surface area contributed by atoms with Crippen molar-refractivity contribution in [2.45, 2.75) is 5.54 Å². The Morgan fingerprint density at radius 2 is 1.57 bits per heavy atom. The van der Waals surface area contributed by atoms with Crippen molar-refractivity contribution in [1.29, 1.82) is 0 Å². The van der Waals surface area contributed by atoms with Crippen molar-refractivity contribution in [1.82, 2.24) is 0 Å². The summed E-state index contributed by atoms with van der Waals surface area (Å²) < 4.78 is 28.8. The Kier molecular flexibility index (Phi) is 5.16. The van der Waals surface area contributed by atoms with E-state index in [-0.39, 0.29) is 0 Å². The summed E-state index contributed by atoms with van der Waals surface area (Å²) in [5, 5.41) is 26.3. The quantitative estimate of drug-likeness (QED) is 0.297. The molecule has 0 amide bonds. The molecule has 0 aromatic rings. The smallest absolute Gasteiger partial charge is 0.270 e. The van der Waals surface area contributed by atoms with Gasteiger partial charge in [-0.1, -0.05) is 0 Å². The Labute approximate surface area is 81.5 Å². The van der Waals surface area contributed by atoms with E-state index in [4.69, 9.17) is 19.9 Å². The molecule has 14 heavy (non-hydrogen) atoms. The first-order chi connectivity index (χ1) is 6.39. The summed E-state index contributed by atoms with van der Waals surface area (Å²) in [4.78, 5) is 3.48. The van der Waals surface area contributed by atoms with Crippen molar-refractivity contribution in [2.24, 2.45) is 4.99 Å². The summed E-state index contributed by atoms with van der Waals surface area (Å²) >= 11 is 0. The predicted octanol–water partition coefficient (Wildman–Crippen LogP) is -2.34. The maximum atomic E-state index is 10.3. The number of aliphatic imine (C=N–C) groups is 1. The van der Waals surface area contributed by atoms with Gasteiger partial charge in [-0.25, -0.2) is 0 Å². The molecule has 0 unspecified atom stereocenters. The summed E-state index contributed by atoms with van der Waals surface area (Å²) in [6.45, 7) is -1.87. The standard InChI is InChI=1S/C6H13NO6S/c8-3-6(4-9,5-10)7-1-2-14(11,12)13/h1,8-10H,2-5H2,(H,11,12,13). The normalized spacial score (nSPS) is 13.7. The number of hydrogen-bond acceptors (Lipinski definition) is 6. The molecule has 0 saturated heterocycles. The number of aliphatic hydroxyl groups is 3. The van der Waals surface area contributed by atoms with Gasteiger partial charge in [-0.3, -0.25) is 9.55 Å². The molecule has 0 bridgehead atoms. The van der Waals surface area contributed by atoms with Crippen molar-refractivity contribution < 1.29 is 28.3 Å². The lowest BCUT2D eigenvalue weighted by Crippen LogP contribution is -2.40. The minimum atomic E-state index is -4.17. The number of hydrogen-bond donors (Lipinski definition) is 4. The van der Waals surface area contributed by atoms with Crippen LogP contribution in [-0.2, 0) is 10.1 Å². The predicted molar refractivity (Wildman–Crippen MR) is 48.9 cm³/mol. The first kappa shape index (κ1) is 13.5. The molecule has 7 nitrogen and oxygen atoms in total. The highest BCUT2D eigenvalue weighted by atomic mass is 32.2. The monoisotopic (exact) mass is 227 g/mol. The van der Waals surface area contributed by atoms with Crippen LogP contribution in [0.4, 0.5) is 0 Å². The zero-order valence-electron chi connectivity index (χ0n) is 7.37. The Morgan fingerprint density at radius 1 is 1.14 bits per heavy atom. The molecule has 0 aromatic heterocycles. The van der Waals surface area contributed by atoms with Gasteiger partial charge in [0.15, 0.2) is 0 Å². The van der Waals surface area contributed by atoms with E-state index in [2.05, 4.69) is 4.99 Å². The highest BCUT2D eigenvalue weighted by molar-refractivity contribution is 7.86. The average Bonchev–Trinajstić information content (AvgIpc) is 2.11. The van der Waals surface area contributed by atoms with Crippen LogP contribution in [0.15, 0.2) is 4.99 Å². The lowest BCUT2D eigenvalue weighted by atomic mass is 10.1. The van der Waals surface area contributed by atoms with E-state index in [0.29, 0.717) is 0 Å². The molecule has 84 valence electrons. The Balaban J connectivity index is 4.45. The molecule has 0 radical (unpaired) electrons. The molecule has 8 heteroatoms. The van der Waals surface area contributed by atoms with Crippen LogP contribution in [0.2, 0.25) is 0 Å². The summed E-state index contributed by atoms with van der Waals surface area (Å²) in [6, 6.07) is 0. The van der Waals surface area contributed by atoms with Gasteiger partial charge >= 0.3 is 0 Å². The van der Waals surface area contributed by atoms with Crippen LogP contribution in [0.25, 0.3) is 0 Å². The van der Waals surface area contributed by atoms with Gasteiger partial charge in [0.05, 0.1) is 19.8 Å². The molecule has 0 atom stereocenters. The van der Waals surface area contributed by atoms with Crippen LogP contribution in [0, 0.1) is 0 Å². The number of rotatable bonds is 6. The second-order valence-corrected chi connectivity index (χ2v) is 4.26. The van der Waals surface area contributed by atoms with Gasteiger partial charge in [-0.2, -0.15) is 8.42 Å². The maximum absolute atomic E-state index is 10.3. The second kappa shape index (κ2) is 5.37.